The third-order valence-electron chi connectivity index (χ3n) is 15.0. The average molecular weight is 867 g/mol. The molecule has 2 heterocycles. The van der Waals surface area contributed by atoms with Gasteiger partial charge in [-0.3, -0.25) is 0 Å². The van der Waals surface area contributed by atoms with Gasteiger partial charge in [0.05, 0.1) is 0 Å². The minimum absolute atomic E-state index is 0.996. The first-order chi connectivity index (χ1) is 33.7. The molecule has 0 spiro atoms. The highest BCUT2D eigenvalue weighted by atomic mass is 15.2. The lowest BCUT2D eigenvalue weighted by molar-refractivity contribution is 0.977. The Labute approximate surface area is 396 Å². The number of hydrogen-bond donors (Lipinski definition) is 0. The highest BCUT2D eigenvalue weighted by Gasteiger charge is 2.27. The molecule has 0 saturated carbocycles. The van der Waals surface area contributed by atoms with Crippen molar-refractivity contribution in [1.29, 1.82) is 0 Å². The van der Waals surface area contributed by atoms with Crippen LogP contribution in [-0.2, 0) is 25.7 Å². The topological polar surface area (TPSA) is 6.48 Å². The van der Waals surface area contributed by atoms with Crippen molar-refractivity contribution >= 4 is 88.0 Å². The minimum Gasteiger partial charge on any atom is -0.310 e. The van der Waals surface area contributed by atoms with Crippen LogP contribution in [0.1, 0.15) is 22.3 Å². The van der Waals surface area contributed by atoms with Crippen molar-refractivity contribution in [3.05, 3.63) is 253 Å². The van der Waals surface area contributed by atoms with Gasteiger partial charge in [-0.1, -0.05) is 176 Å². The smallest absolute Gasteiger partial charge is 0.0493 e. The normalized spacial score (nSPS) is 13.3. The molecule has 0 saturated heterocycles. The fraction of sp³-hybridized carbons (Fsp3) is 0.0606. The second kappa shape index (κ2) is 15.6. The maximum absolute atomic E-state index is 2.53. The summed E-state index contributed by atoms with van der Waals surface area (Å²) in [7, 11) is 0. The number of para-hydroxylation sites is 4. The molecule has 320 valence electrons. The number of aryl methyl sites for hydroxylation is 4. The van der Waals surface area contributed by atoms with Crippen LogP contribution >= 0.6 is 0 Å². The average Bonchev–Trinajstić information content (AvgIpc) is 3.68. The van der Waals surface area contributed by atoms with Crippen LogP contribution in [0.15, 0.2) is 231 Å². The zero-order chi connectivity index (χ0) is 44.7. The summed E-state index contributed by atoms with van der Waals surface area (Å²) in [5.41, 5.74) is 17.7. The number of hydrogen-bond acceptors (Lipinski definition) is 2. The van der Waals surface area contributed by atoms with E-state index in [1.807, 2.05) is 0 Å². The number of benzene rings is 12. The first-order valence-electron chi connectivity index (χ1n) is 24.1. The molecule has 0 aliphatic carbocycles. The Balaban J connectivity index is 1.16. The largest absolute Gasteiger partial charge is 0.310 e. The molecule has 0 amide bonds. The lowest BCUT2D eigenvalue weighted by Gasteiger charge is -2.29. The van der Waals surface area contributed by atoms with Crippen molar-refractivity contribution in [3.63, 3.8) is 0 Å². The molecule has 0 atom stereocenters. The van der Waals surface area contributed by atoms with E-state index >= 15 is 0 Å². The zero-order valence-electron chi connectivity index (χ0n) is 37.7. The molecule has 12 aromatic rings. The van der Waals surface area contributed by atoms with Gasteiger partial charge in [-0.05, 0) is 179 Å². The first kappa shape index (κ1) is 38.8. The molecule has 2 aliphatic heterocycles. The van der Waals surface area contributed by atoms with E-state index in [-0.39, 0.29) is 0 Å². The molecular formula is C66H46N2. The third kappa shape index (κ3) is 6.04. The van der Waals surface area contributed by atoms with E-state index in [2.05, 4.69) is 240 Å². The van der Waals surface area contributed by atoms with Gasteiger partial charge in [0.2, 0.25) is 0 Å². The zero-order valence-corrected chi connectivity index (χ0v) is 37.7. The van der Waals surface area contributed by atoms with E-state index < -0.39 is 0 Å². The molecule has 0 bridgehead atoms. The van der Waals surface area contributed by atoms with Crippen molar-refractivity contribution in [3.8, 4) is 22.3 Å². The summed E-state index contributed by atoms with van der Waals surface area (Å²) < 4.78 is 0. The van der Waals surface area contributed by atoms with Gasteiger partial charge in [0.15, 0.2) is 0 Å². The lowest BCUT2D eigenvalue weighted by Crippen LogP contribution is -2.12. The van der Waals surface area contributed by atoms with Crippen LogP contribution in [0.25, 0.3) is 76.1 Å². The molecule has 0 aromatic heterocycles. The summed E-state index contributed by atoms with van der Waals surface area (Å²) >= 11 is 0. The van der Waals surface area contributed by atoms with E-state index in [4.69, 9.17) is 0 Å². The molecule has 0 fully saturated rings. The Morgan fingerprint density at radius 2 is 0.632 bits per heavy atom. The Morgan fingerprint density at radius 3 is 1.16 bits per heavy atom. The number of rotatable bonds is 4. The van der Waals surface area contributed by atoms with Gasteiger partial charge in [0, 0.05) is 34.1 Å². The van der Waals surface area contributed by atoms with E-state index in [0.717, 1.165) is 37.1 Å². The highest BCUT2D eigenvalue weighted by Crippen LogP contribution is 2.52. The van der Waals surface area contributed by atoms with Crippen LogP contribution in [0.4, 0.5) is 34.1 Å². The van der Waals surface area contributed by atoms with Crippen molar-refractivity contribution in [2.24, 2.45) is 0 Å². The number of fused-ring (bicyclic) bond motifs is 10. The summed E-state index contributed by atoms with van der Waals surface area (Å²) in [4.78, 5) is 5.05. The molecular weight excluding hydrogens is 821 g/mol. The van der Waals surface area contributed by atoms with Crippen molar-refractivity contribution < 1.29 is 0 Å². The molecule has 2 nitrogen and oxygen atoms in total. The van der Waals surface area contributed by atoms with Gasteiger partial charge in [-0.15, -0.1) is 0 Å². The molecule has 0 N–H and O–H groups in total. The van der Waals surface area contributed by atoms with Crippen LogP contribution in [0, 0.1) is 0 Å². The predicted octanol–water partition coefficient (Wildman–Crippen LogP) is 17.9. The monoisotopic (exact) mass is 866 g/mol. The second-order valence-electron chi connectivity index (χ2n) is 18.6. The van der Waals surface area contributed by atoms with Crippen LogP contribution in [0.5, 0.6) is 0 Å². The fourth-order valence-electron chi connectivity index (χ4n) is 11.9. The Bertz CT molecular complexity index is 3910. The van der Waals surface area contributed by atoms with Crippen LogP contribution in [0.3, 0.4) is 0 Å². The number of anilines is 6. The van der Waals surface area contributed by atoms with E-state index in [0.29, 0.717) is 0 Å². The molecule has 12 aromatic carbocycles. The Hall–Kier alpha value is -8.46. The maximum atomic E-state index is 2.53. The summed E-state index contributed by atoms with van der Waals surface area (Å²) in [6.45, 7) is 0. The van der Waals surface area contributed by atoms with Gasteiger partial charge in [0.1, 0.15) is 0 Å². The summed E-state index contributed by atoms with van der Waals surface area (Å²) in [5.74, 6) is 0. The van der Waals surface area contributed by atoms with Gasteiger partial charge in [-0.25, -0.2) is 0 Å². The van der Waals surface area contributed by atoms with Gasteiger partial charge in [0.25, 0.3) is 0 Å². The number of nitrogens with zero attached hydrogens (tertiary/aromatic N) is 2. The SMILES string of the molecule is c1ccc2c(c1)CCc1ccccc1N2c1ccc2c(-c3cc4ccccc4c4ccccc34)c3cc(N4c5ccccc5CCc5ccccc54)ccc3c(-c3cccc4ccccc34)c2c1. The first-order valence-corrected chi connectivity index (χ1v) is 24.1. The molecule has 14 rings (SSSR count). The molecule has 0 unspecified atom stereocenters. The Morgan fingerprint density at radius 1 is 0.235 bits per heavy atom. The van der Waals surface area contributed by atoms with Crippen LogP contribution in [0.2, 0.25) is 0 Å². The van der Waals surface area contributed by atoms with E-state index in [1.165, 1.54) is 121 Å². The van der Waals surface area contributed by atoms with E-state index in [9.17, 15) is 0 Å². The van der Waals surface area contributed by atoms with Gasteiger partial charge in [-0.2, -0.15) is 0 Å². The highest BCUT2D eigenvalue weighted by molar-refractivity contribution is 6.28. The summed E-state index contributed by atoms with van der Waals surface area (Å²) in [6.07, 6.45) is 3.98. The molecule has 2 heteroatoms. The van der Waals surface area contributed by atoms with Crippen molar-refractivity contribution in [1.82, 2.24) is 0 Å². The third-order valence-corrected chi connectivity index (χ3v) is 15.0. The van der Waals surface area contributed by atoms with Crippen molar-refractivity contribution in [2.45, 2.75) is 25.7 Å². The van der Waals surface area contributed by atoms with Crippen LogP contribution < -0.4 is 9.80 Å². The minimum atomic E-state index is 0.996. The Kier molecular flexibility index (Phi) is 8.88. The molecule has 68 heavy (non-hydrogen) atoms. The molecule has 0 radical (unpaired) electrons. The van der Waals surface area contributed by atoms with Gasteiger partial charge < -0.3 is 9.80 Å². The van der Waals surface area contributed by atoms with E-state index in [1.54, 1.807) is 0 Å². The lowest BCUT2D eigenvalue weighted by atomic mass is 9.82. The summed E-state index contributed by atoms with van der Waals surface area (Å²) in [5, 5.41) is 12.4. The second-order valence-corrected chi connectivity index (χ2v) is 18.6. The standard InChI is InChI=1S/C66H46N2/c1-7-23-51-43(16-1)22-15-27-55(51)65-56-38-36-50(68-63-30-13-5-19-46(63)34-35-47-20-6-14-31-64(47)68)42-60(56)66(58-40-48-21-2-8-24-52(48)53-25-9-10-26-54(53)58)57-39-37-49(41-59(57)65)67-61-28-11-3-17-44(61)32-33-45-18-4-12-29-62(45)67/h1-31,36-42H,32-35H2. The van der Waals surface area contributed by atoms with Crippen molar-refractivity contribution in [2.75, 3.05) is 9.80 Å². The predicted molar refractivity (Wildman–Crippen MR) is 289 cm³/mol. The van der Waals surface area contributed by atoms with Crippen LogP contribution in [-0.4, -0.2) is 0 Å². The maximum Gasteiger partial charge on any atom is 0.0493 e. The summed E-state index contributed by atoms with van der Waals surface area (Å²) in [6, 6.07) is 86.8. The van der Waals surface area contributed by atoms with Gasteiger partial charge >= 0.3 is 0 Å². The molecule has 2 aliphatic rings. The quantitative estimate of drug-likeness (QED) is 0.128. The fourth-order valence-corrected chi connectivity index (χ4v) is 11.9.